The van der Waals surface area contributed by atoms with Crippen molar-refractivity contribution < 1.29 is 52.8 Å². The predicted molar refractivity (Wildman–Crippen MR) is 191 cm³/mol. The SMILES string of the molecule is COc1ccc2[nH]cc(CCCC(=O)c3cc(=O)cc(C(=O)O)o3)c2c1.COc1ccc2[nH]cc(CCN)c2c1.O=C(O)c1cc(=O)cc(C(=O)O)o1. The van der Waals surface area contributed by atoms with E-state index < -0.39 is 51.8 Å². The number of carboxylic acid groups (broad SMARTS) is 3. The van der Waals surface area contributed by atoms with Gasteiger partial charge in [0.2, 0.25) is 17.3 Å². The van der Waals surface area contributed by atoms with Gasteiger partial charge in [-0.3, -0.25) is 14.4 Å². The van der Waals surface area contributed by atoms with E-state index in [1.165, 1.54) is 10.9 Å². The molecular weight excluding hydrogens is 694 g/mol. The first-order valence-electron chi connectivity index (χ1n) is 15.8. The third-order valence-electron chi connectivity index (χ3n) is 7.65. The number of methoxy groups -OCH3 is 2. The van der Waals surface area contributed by atoms with Gasteiger partial charge >= 0.3 is 17.9 Å². The van der Waals surface area contributed by atoms with E-state index in [2.05, 4.69) is 14.4 Å². The number of carbonyl (C=O) groups is 4. The van der Waals surface area contributed by atoms with Gasteiger partial charge in [-0.05, 0) is 73.3 Å². The maximum Gasteiger partial charge on any atom is 0.371 e. The fourth-order valence-corrected chi connectivity index (χ4v) is 5.11. The topological polar surface area (TPSA) is 265 Å². The molecule has 16 heteroatoms. The molecule has 0 aliphatic heterocycles. The lowest BCUT2D eigenvalue weighted by molar-refractivity contribution is 0.0617. The number of hydrogen-bond donors (Lipinski definition) is 6. The molecule has 2 aromatic carbocycles. The molecule has 0 saturated heterocycles. The third kappa shape index (κ3) is 10.3. The number of aromatic carboxylic acids is 3. The second-order valence-electron chi connectivity index (χ2n) is 11.2. The van der Waals surface area contributed by atoms with Gasteiger partial charge in [0.25, 0.3) is 0 Å². The van der Waals surface area contributed by atoms with E-state index in [0.717, 1.165) is 52.0 Å². The molecule has 7 N–H and O–H groups in total. The summed E-state index contributed by atoms with van der Waals surface area (Å²) in [5.74, 6) is -5.26. The first-order valence-corrected chi connectivity index (χ1v) is 15.8. The summed E-state index contributed by atoms with van der Waals surface area (Å²) in [6.45, 7) is 0.671. The van der Waals surface area contributed by atoms with Crippen LogP contribution >= 0.6 is 0 Å². The van der Waals surface area contributed by atoms with Gasteiger partial charge in [0.05, 0.1) is 14.2 Å². The molecule has 0 amide bonds. The van der Waals surface area contributed by atoms with E-state index in [1.54, 1.807) is 14.2 Å². The minimum absolute atomic E-state index is 0.142. The number of ketones is 1. The van der Waals surface area contributed by atoms with E-state index in [-0.39, 0.29) is 12.2 Å². The number of benzene rings is 2. The quantitative estimate of drug-likeness (QED) is 0.0929. The lowest BCUT2D eigenvalue weighted by Gasteiger charge is -2.03. The molecule has 0 spiro atoms. The van der Waals surface area contributed by atoms with Crippen molar-refractivity contribution >= 4 is 45.5 Å². The Labute approximate surface area is 299 Å². The fourth-order valence-electron chi connectivity index (χ4n) is 5.11. The van der Waals surface area contributed by atoms with Gasteiger partial charge in [0, 0.05) is 64.9 Å². The minimum atomic E-state index is -1.49. The number of hydrogen-bond acceptors (Lipinski definition) is 11. The highest BCUT2D eigenvalue weighted by Gasteiger charge is 2.16. The molecule has 16 nitrogen and oxygen atoms in total. The van der Waals surface area contributed by atoms with Crippen molar-refractivity contribution in [1.82, 2.24) is 9.97 Å². The van der Waals surface area contributed by atoms with E-state index in [1.807, 2.05) is 48.8 Å². The summed E-state index contributed by atoms with van der Waals surface area (Å²) in [5, 5.41) is 27.9. The van der Waals surface area contributed by atoms with Crippen LogP contribution in [0.5, 0.6) is 11.5 Å². The molecule has 0 aliphatic carbocycles. The van der Waals surface area contributed by atoms with Crippen LogP contribution in [0.15, 0.2) is 91.5 Å². The van der Waals surface area contributed by atoms with Gasteiger partial charge in [-0.25, -0.2) is 14.4 Å². The summed E-state index contributed by atoms with van der Waals surface area (Å²) in [7, 11) is 3.28. The van der Waals surface area contributed by atoms with Gasteiger partial charge in [-0.2, -0.15) is 0 Å². The van der Waals surface area contributed by atoms with Crippen LogP contribution in [-0.2, 0) is 12.8 Å². The highest BCUT2D eigenvalue weighted by Crippen LogP contribution is 2.25. The third-order valence-corrected chi connectivity index (χ3v) is 7.65. The number of aromatic amines is 2. The maximum absolute atomic E-state index is 12.2. The molecule has 0 unspecified atom stereocenters. The Morgan fingerprint density at radius 2 is 1.06 bits per heavy atom. The largest absolute Gasteiger partial charge is 0.497 e. The molecule has 276 valence electrons. The molecule has 4 aromatic heterocycles. The number of H-pyrrole nitrogens is 2. The summed E-state index contributed by atoms with van der Waals surface area (Å²) in [6, 6.07) is 15.0. The molecule has 0 bridgehead atoms. The number of Topliss-reactive ketones (excluding diaryl/α,β-unsaturated/α-hetero) is 1. The van der Waals surface area contributed by atoms with Crippen LogP contribution in [-0.4, -0.2) is 69.7 Å². The van der Waals surface area contributed by atoms with Crippen LogP contribution in [0.2, 0.25) is 0 Å². The Hall–Kier alpha value is -6.94. The zero-order valence-corrected chi connectivity index (χ0v) is 28.5. The van der Waals surface area contributed by atoms with E-state index in [4.69, 9.17) is 34.9 Å². The van der Waals surface area contributed by atoms with Crippen LogP contribution in [0.4, 0.5) is 0 Å². The van der Waals surface area contributed by atoms with Crippen LogP contribution in [0.25, 0.3) is 21.8 Å². The van der Waals surface area contributed by atoms with Crippen molar-refractivity contribution in [2.45, 2.75) is 25.7 Å². The maximum atomic E-state index is 12.2. The monoisotopic (exact) mass is 729 g/mol. The van der Waals surface area contributed by atoms with Gasteiger partial charge in [-0.15, -0.1) is 0 Å². The van der Waals surface area contributed by atoms with Crippen molar-refractivity contribution in [1.29, 1.82) is 0 Å². The van der Waals surface area contributed by atoms with E-state index >= 15 is 0 Å². The zero-order valence-electron chi connectivity index (χ0n) is 28.5. The highest BCUT2D eigenvalue weighted by molar-refractivity contribution is 5.94. The smallest absolute Gasteiger partial charge is 0.371 e. The van der Waals surface area contributed by atoms with Crippen molar-refractivity contribution in [3.63, 3.8) is 0 Å². The molecule has 0 fully saturated rings. The first kappa shape index (κ1) is 38.9. The number of aromatic nitrogens is 2. The Bertz CT molecular complexity index is 2350. The zero-order chi connectivity index (χ0) is 38.7. The Kier molecular flexibility index (Phi) is 13.1. The molecule has 6 aromatic rings. The Balaban J connectivity index is 0.000000196. The number of nitrogens with one attached hydrogen (secondary N) is 2. The number of nitrogens with two attached hydrogens (primary N) is 1. The number of carbonyl (C=O) groups excluding carboxylic acids is 1. The Morgan fingerprint density at radius 3 is 1.47 bits per heavy atom. The summed E-state index contributed by atoms with van der Waals surface area (Å²) >= 11 is 0. The average Bonchev–Trinajstić information content (AvgIpc) is 3.74. The molecule has 4 heterocycles. The van der Waals surface area contributed by atoms with Crippen LogP contribution in [0, 0.1) is 0 Å². The molecule has 0 atom stereocenters. The number of rotatable bonds is 12. The lowest BCUT2D eigenvalue weighted by atomic mass is 10.0. The Morgan fingerprint density at radius 1 is 0.642 bits per heavy atom. The second-order valence-corrected chi connectivity index (χ2v) is 11.2. The predicted octanol–water partition coefficient (Wildman–Crippen LogP) is 4.75. The van der Waals surface area contributed by atoms with Crippen LogP contribution < -0.4 is 26.1 Å². The highest BCUT2D eigenvalue weighted by atomic mass is 16.5. The number of ether oxygens (including phenoxy) is 2. The molecule has 53 heavy (non-hydrogen) atoms. The number of aryl methyl sites for hydroxylation is 1. The van der Waals surface area contributed by atoms with E-state index in [9.17, 15) is 28.8 Å². The minimum Gasteiger partial charge on any atom is -0.497 e. The number of fused-ring (bicyclic) bond motifs is 2. The summed E-state index contributed by atoms with van der Waals surface area (Å²) in [6.07, 6.45) is 6.11. The van der Waals surface area contributed by atoms with Gasteiger partial charge in [-0.1, -0.05) is 0 Å². The van der Waals surface area contributed by atoms with Crippen molar-refractivity contribution in [3.8, 4) is 11.5 Å². The molecule has 0 radical (unpaired) electrons. The van der Waals surface area contributed by atoms with Gasteiger partial charge in [0.15, 0.2) is 22.4 Å². The molecule has 6 rings (SSSR count). The standard InChI is InChI=1S/C19H17NO6.C11H14N2O.C7H4O6/c1-25-13-5-6-15-14(9-13)11(10-20-15)3-2-4-16(22)17-7-12(21)8-18(26-17)19(23)24;1-14-9-2-3-11-10(6-9)8(4-5-12)7-13-11;8-3-1-4(6(9)10)13-5(2-3)7(11)12/h5-10,20H,2-4H2,1H3,(H,23,24);2-3,6-7,13H,4-5,12H2,1H3;1-2H,(H,9,10)(H,11,12). The molecular formula is C37H35N3O13. The second kappa shape index (κ2) is 17.8. The van der Waals surface area contributed by atoms with E-state index in [0.29, 0.717) is 31.5 Å². The van der Waals surface area contributed by atoms with Gasteiger partial charge < -0.3 is 49.3 Å². The normalized spacial score (nSPS) is 10.5. The summed E-state index contributed by atoms with van der Waals surface area (Å²) in [4.78, 5) is 72.3. The van der Waals surface area contributed by atoms with Crippen LogP contribution in [0.3, 0.4) is 0 Å². The van der Waals surface area contributed by atoms with Crippen molar-refractivity contribution in [2.75, 3.05) is 20.8 Å². The molecule has 0 aliphatic rings. The van der Waals surface area contributed by atoms with Crippen molar-refractivity contribution in [3.05, 3.63) is 128 Å². The van der Waals surface area contributed by atoms with Gasteiger partial charge in [0.1, 0.15) is 11.5 Å². The number of carboxylic acids is 3. The summed E-state index contributed by atoms with van der Waals surface area (Å²) in [5.41, 5.74) is 8.66. The lowest BCUT2D eigenvalue weighted by Crippen LogP contribution is -2.10. The molecule has 0 saturated carbocycles. The summed E-state index contributed by atoms with van der Waals surface area (Å²) < 4.78 is 19.8. The van der Waals surface area contributed by atoms with Crippen LogP contribution in [0.1, 0.15) is 66.2 Å². The van der Waals surface area contributed by atoms with Crippen molar-refractivity contribution in [2.24, 2.45) is 5.73 Å². The fraction of sp³-hybridized carbons (Fsp3) is 0.189. The average molecular weight is 730 g/mol. The first-order chi connectivity index (χ1) is 25.3.